The number of nitrogens with zero attached hydrogens (tertiary/aromatic N) is 3. The van der Waals surface area contributed by atoms with Crippen LogP contribution in [0.1, 0.15) is 26.2 Å². The molecule has 114 valence electrons. The van der Waals surface area contributed by atoms with Gasteiger partial charge in [0.25, 0.3) is 0 Å². The van der Waals surface area contributed by atoms with Crippen molar-refractivity contribution in [3.63, 3.8) is 0 Å². The van der Waals surface area contributed by atoms with Gasteiger partial charge in [-0.1, -0.05) is 19.1 Å². The molecule has 5 heteroatoms. The second-order valence-electron chi connectivity index (χ2n) is 5.97. The van der Waals surface area contributed by atoms with Crippen LogP contribution in [0.2, 0.25) is 0 Å². The quantitative estimate of drug-likeness (QED) is 0.891. The summed E-state index contributed by atoms with van der Waals surface area (Å²) >= 11 is 3.67. The van der Waals surface area contributed by atoms with Crippen LogP contribution in [0.5, 0.6) is 0 Å². The van der Waals surface area contributed by atoms with Gasteiger partial charge in [-0.05, 0) is 60.4 Å². The molecular weight excluding hydrogens is 328 g/mol. The van der Waals surface area contributed by atoms with Gasteiger partial charge in [0.05, 0.1) is 17.8 Å². The van der Waals surface area contributed by atoms with E-state index >= 15 is 0 Å². The Bertz CT molecular complexity index is 545. The molecule has 4 nitrogen and oxygen atoms in total. The summed E-state index contributed by atoms with van der Waals surface area (Å²) in [6.07, 6.45) is 3.47. The highest BCUT2D eigenvalue weighted by Gasteiger charge is 2.44. The lowest BCUT2D eigenvalue weighted by Gasteiger charge is -2.39. The minimum absolute atomic E-state index is 0.0534. The minimum atomic E-state index is 0.0534. The number of halogens is 1. The first-order valence-electron chi connectivity index (χ1n) is 7.73. The van der Waals surface area contributed by atoms with Crippen molar-refractivity contribution in [2.45, 2.75) is 31.7 Å². The first-order valence-corrected chi connectivity index (χ1v) is 8.53. The number of nitrogens with two attached hydrogens (primary N) is 1. The average molecular weight is 351 g/mol. The number of anilines is 1. The van der Waals surface area contributed by atoms with E-state index in [2.05, 4.69) is 55.8 Å². The van der Waals surface area contributed by atoms with Crippen molar-refractivity contribution in [3.8, 4) is 0 Å². The zero-order valence-electron chi connectivity index (χ0n) is 12.6. The number of rotatable bonds is 2. The zero-order chi connectivity index (χ0) is 14.9. The van der Waals surface area contributed by atoms with E-state index in [1.165, 1.54) is 13.0 Å². The summed E-state index contributed by atoms with van der Waals surface area (Å²) in [6, 6.07) is 8.30. The topological polar surface area (TPSA) is 44.9 Å². The van der Waals surface area contributed by atoms with Crippen molar-refractivity contribution in [1.82, 2.24) is 4.90 Å². The van der Waals surface area contributed by atoms with E-state index in [0.717, 1.165) is 42.6 Å². The van der Waals surface area contributed by atoms with Crippen molar-refractivity contribution in [2.75, 3.05) is 31.1 Å². The summed E-state index contributed by atoms with van der Waals surface area (Å²) < 4.78 is 1.08. The lowest BCUT2D eigenvalue weighted by atomic mass is 9.89. The maximum Gasteiger partial charge on any atom is 0.196 e. The Balaban J connectivity index is 1.93. The smallest absolute Gasteiger partial charge is 0.196 e. The summed E-state index contributed by atoms with van der Waals surface area (Å²) in [5.41, 5.74) is 7.44. The molecule has 0 saturated carbocycles. The van der Waals surface area contributed by atoms with Gasteiger partial charge in [0.1, 0.15) is 0 Å². The van der Waals surface area contributed by atoms with Gasteiger partial charge < -0.3 is 15.5 Å². The second-order valence-corrected chi connectivity index (χ2v) is 6.83. The summed E-state index contributed by atoms with van der Waals surface area (Å²) in [6.45, 7) is 6.49. The van der Waals surface area contributed by atoms with Crippen LogP contribution in [0.4, 0.5) is 5.69 Å². The lowest BCUT2D eigenvalue weighted by Crippen LogP contribution is -2.52. The van der Waals surface area contributed by atoms with Crippen LogP contribution in [-0.4, -0.2) is 42.6 Å². The fourth-order valence-electron chi connectivity index (χ4n) is 3.56. The van der Waals surface area contributed by atoms with Gasteiger partial charge in [-0.25, -0.2) is 0 Å². The highest BCUT2D eigenvalue weighted by molar-refractivity contribution is 9.10. The maximum atomic E-state index is 6.25. The first kappa shape index (κ1) is 14.9. The molecule has 1 unspecified atom stereocenters. The van der Waals surface area contributed by atoms with E-state index in [1.54, 1.807) is 0 Å². The molecule has 1 aromatic carbocycles. The number of para-hydroxylation sites is 1. The predicted octanol–water partition coefficient (Wildman–Crippen LogP) is 2.83. The Hall–Kier alpha value is -1.07. The van der Waals surface area contributed by atoms with Crippen LogP contribution in [0, 0.1) is 0 Å². The minimum Gasteiger partial charge on any atom is -0.369 e. The molecule has 2 aliphatic rings. The Morgan fingerprint density at radius 3 is 2.86 bits per heavy atom. The summed E-state index contributed by atoms with van der Waals surface area (Å²) in [7, 11) is 0. The molecule has 21 heavy (non-hydrogen) atoms. The predicted molar refractivity (Wildman–Crippen MR) is 91.8 cm³/mol. The Morgan fingerprint density at radius 2 is 2.10 bits per heavy atom. The number of aliphatic imine (C=N–C) groups is 1. The molecule has 3 rings (SSSR count). The van der Waals surface area contributed by atoms with E-state index < -0.39 is 0 Å². The normalized spacial score (nSPS) is 27.0. The Morgan fingerprint density at radius 1 is 1.29 bits per heavy atom. The molecule has 1 spiro atoms. The lowest BCUT2D eigenvalue weighted by molar-refractivity contribution is 0.292. The van der Waals surface area contributed by atoms with Crippen molar-refractivity contribution < 1.29 is 0 Å². The summed E-state index contributed by atoms with van der Waals surface area (Å²) in [4.78, 5) is 9.39. The second kappa shape index (κ2) is 5.97. The van der Waals surface area contributed by atoms with Gasteiger partial charge in [0.15, 0.2) is 5.96 Å². The van der Waals surface area contributed by atoms with Gasteiger partial charge in [0.2, 0.25) is 0 Å². The fourth-order valence-corrected chi connectivity index (χ4v) is 4.02. The number of benzene rings is 1. The fraction of sp³-hybridized carbons (Fsp3) is 0.562. The Kier molecular flexibility index (Phi) is 4.22. The van der Waals surface area contributed by atoms with Crippen LogP contribution < -0.4 is 10.6 Å². The van der Waals surface area contributed by atoms with Crippen LogP contribution in [0.25, 0.3) is 0 Å². The SMILES string of the molecule is CCN1CCCC2(CC1)CN=C(N)N2c1ccccc1Br. The van der Waals surface area contributed by atoms with Crippen molar-refractivity contribution >= 4 is 27.6 Å². The largest absolute Gasteiger partial charge is 0.369 e. The molecule has 0 aliphatic carbocycles. The molecule has 0 radical (unpaired) electrons. The van der Waals surface area contributed by atoms with E-state index in [9.17, 15) is 0 Å². The van der Waals surface area contributed by atoms with E-state index in [0.29, 0.717) is 5.96 Å². The standard InChI is InChI=1S/C16H23BrN4/c1-2-20-10-5-8-16(9-11-20)12-19-15(18)21(16)14-7-4-3-6-13(14)17/h3-4,6-7H,2,5,8-12H2,1H3,(H2,18,19). The number of hydrogen-bond donors (Lipinski definition) is 1. The first-order chi connectivity index (χ1) is 10.2. The van der Waals surface area contributed by atoms with Gasteiger partial charge in [-0.2, -0.15) is 0 Å². The molecule has 1 atom stereocenters. The van der Waals surface area contributed by atoms with Crippen molar-refractivity contribution in [3.05, 3.63) is 28.7 Å². The molecule has 1 aromatic rings. The molecule has 1 fully saturated rings. The third-order valence-corrected chi connectivity index (χ3v) is 5.46. The van der Waals surface area contributed by atoms with Crippen LogP contribution in [0.15, 0.2) is 33.7 Å². The summed E-state index contributed by atoms with van der Waals surface area (Å²) in [5.74, 6) is 0.659. The molecule has 2 N–H and O–H groups in total. The average Bonchev–Trinajstić information content (AvgIpc) is 2.68. The molecule has 1 saturated heterocycles. The van der Waals surface area contributed by atoms with Gasteiger partial charge in [0, 0.05) is 11.0 Å². The van der Waals surface area contributed by atoms with Gasteiger partial charge in [-0.3, -0.25) is 4.99 Å². The zero-order valence-corrected chi connectivity index (χ0v) is 14.1. The molecule has 0 amide bonds. The van der Waals surface area contributed by atoms with E-state index in [1.807, 2.05) is 6.07 Å². The van der Waals surface area contributed by atoms with Crippen LogP contribution >= 0.6 is 15.9 Å². The maximum absolute atomic E-state index is 6.25. The Labute approximate surface area is 135 Å². The number of likely N-dealkylation sites (tertiary alicyclic amines) is 1. The molecule has 2 aliphatic heterocycles. The van der Waals surface area contributed by atoms with Crippen LogP contribution in [0.3, 0.4) is 0 Å². The van der Waals surface area contributed by atoms with Crippen molar-refractivity contribution in [1.29, 1.82) is 0 Å². The molecule has 0 bridgehead atoms. The third-order valence-electron chi connectivity index (χ3n) is 4.79. The van der Waals surface area contributed by atoms with E-state index in [4.69, 9.17) is 5.73 Å². The van der Waals surface area contributed by atoms with E-state index in [-0.39, 0.29) is 5.54 Å². The third kappa shape index (κ3) is 2.69. The molecular formula is C16H23BrN4. The number of hydrogen-bond acceptors (Lipinski definition) is 4. The monoisotopic (exact) mass is 350 g/mol. The molecule has 0 aromatic heterocycles. The summed E-state index contributed by atoms with van der Waals surface area (Å²) in [5, 5.41) is 0. The highest BCUT2D eigenvalue weighted by atomic mass is 79.9. The van der Waals surface area contributed by atoms with Crippen LogP contribution in [-0.2, 0) is 0 Å². The highest BCUT2D eigenvalue weighted by Crippen LogP contribution is 2.39. The van der Waals surface area contributed by atoms with Crippen molar-refractivity contribution in [2.24, 2.45) is 10.7 Å². The molecule has 2 heterocycles. The number of guanidine groups is 1. The van der Waals surface area contributed by atoms with Gasteiger partial charge in [-0.15, -0.1) is 0 Å². The van der Waals surface area contributed by atoms with Gasteiger partial charge >= 0.3 is 0 Å².